The van der Waals surface area contributed by atoms with Gasteiger partial charge in [-0.1, -0.05) is 0 Å². The van der Waals surface area contributed by atoms with Crippen LogP contribution in [0.2, 0.25) is 0 Å². The summed E-state index contributed by atoms with van der Waals surface area (Å²) < 4.78 is 0. The fraction of sp³-hybridized carbons (Fsp3) is 0.625. The van der Waals surface area contributed by atoms with Gasteiger partial charge in [0.1, 0.15) is 5.82 Å². The topological polar surface area (TPSA) is 54.7 Å². The van der Waals surface area contributed by atoms with Gasteiger partial charge in [0.15, 0.2) is 0 Å². The van der Waals surface area contributed by atoms with Gasteiger partial charge < -0.3 is 10.7 Å². The summed E-state index contributed by atoms with van der Waals surface area (Å²) in [5, 5.41) is 0. The summed E-state index contributed by atoms with van der Waals surface area (Å²) >= 11 is 0. The van der Waals surface area contributed by atoms with Crippen LogP contribution in [0.25, 0.3) is 0 Å². The molecule has 2 rings (SSSR count). The Balaban J connectivity index is 0.000000720. The zero-order valence-corrected chi connectivity index (χ0v) is 9.17. The number of halogens is 2. The predicted molar refractivity (Wildman–Crippen MR) is 57.8 cm³/mol. The Hall–Kier alpha value is -0.250. The summed E-state index contributed by atoms with van der Waals surface area (Å²) in [6.45, 7) is 1.99. The quantitative estimate of drug-likeness (QED) is 0.699. The van der Waals surface area contributed by atoms with E-state index in [4.69, 9.17) is 5.73 Å². The lowest BCUT2D eigenvalue weighted by Gasteiger charge is -2.15. The van der Waals surface area contributed by atoms with E-state index in [1.165, 1.54) is 11.4 Å². The van der Waals surface area contributed by atoms with Crippen LogP contribution in [-0.2, 0) is 12.8 Å². The lowest BCUT2D eigenvalue weighted by molar-refractivity contribution is 0.565. The number of nitrogens with one attached hydrogen (secondary N) is 1. The van der Waals surface area contributed by atoms with Gasteiger partial charge in [0, 0.05) is 18.2 Å². The van der Waals surface area contributed by atoms with Crippen molar-refractivity contribution in [2.75, 3.05) is 0 Å². The van der Waals surface area contributed by atoms with Crippen LogP contribution in [0, 0.1) is 6.92 Å². The highest BCUT2D eigenvalue weighted by Crippen LogP contribution is 2.17. The van der Waals surface area contributed by atoms with E-state index in [0.29, 0.717) is 6.04 Å². The Morgan fingerprint density at radius 3 is 2.85 bits per heavy atom. The first-order valence-corrected chi connectivity index (χ1v) is 4.05. The zero-order chi connectivity index (χ0) is 7.84. The van der Waals surface area contributed by atoms with E-state index in [0.717, 1.165) is 25.1 Å². The Labute approximate surface area is 90.3 Å². The lowest BCUT2D eigenvalue weighted by atomic mass is 9.97. The molecule has 1 heterocycles. The number of nitrogens with two attached hydrogens (primary N) is 1. The average Bonchev–Trinajstić information content (AvgIpc) is 2.27. The smallest absolute Gasteiger partial charge is 0.103 e. The summed E-state index contributed by atoms with van der Waals surface area (Å²) in [7, 11) is 0. The highest BCUT2D eigenvalue weighted by Gasteiger charge is 2.17. The molecular formula is C8H15Cl2N3. The first kappa shape index (κ1) is 12.8. The normalized spacial score (nSPS) is 19.7. The molecular weight excluding hydrogens is 209 g/mol. The van der Waals surface area contributed by atoms with Crippen LogP contribution in [0.5, 0.6) is 0 Å². The number of imidazole rings is 1. The third-order valence-corrected chi connectivity index (χ3v) is 2.20. The van der Waals surface area contributed by atoms with Crippen LogP contribution in [0.1, 0.15) is 23.6 Å². The Morgan fingerprint density at radius 2 is 2.15 bits per heavy atom. The van der Waals surface area contributed by atoms with Crippen molar-refractivity contribution in [2.24, 2.45) is 5.73 Å². The number of rotatable bonds is 0. The van der Waals surface area contributed by atoms with Crippen LogP contribution in [-0.4, -0.2) is 16.0 Å². The first-order valence-electron chi connectivity index (χ1n) is 4.05. The van der Waals surface area contributed by atoms with Gasteiger partial charge in [-0.25, -0.2) is 4.98 Å². The van der Waals surface area contributed by atoms with Gasteiger partial charge in [-0.2, -0.15) is 0 Å². The average molecular weight is 224 g/mol. The van der Waals surface area contributed by atoms with Crippen molar-refractivity contribution in [3.63, 3.8) is 0 Å². The van der Waals surface area contributed by atoms with Crippen LogP contribution < -0.4 is 5.73 Å². The number of H-pyrrole nitrogens is 1. The Morgan fingerprint density at radius 1 is 1.46 bits per heavy atom. The number of aromatic amines is 1. The molecule has 0 aliphatic heterocycles. The molecule has 3 N–H and O–H groups in total. The SMILES string of the molecule is Cc1nc2c([nH]1)CC(N)CC2.Cl.Cl. The fourth-order valence-electron chi connectivity index (χ4n) is 1.65. The molecule has 13 heavy (non-hydrogen) atoms. The molecule has 0 aromatic carbocycles. The van der Waals surface area contributed by atoms with E-state index in [1.54, 1.807) is 0 Å². The van der Waals surface area contributed by atoms with Crippen molar-refractivity contribution in [1.29, 1.82) is 0 Å². The molecule has 0 fully saturated rings. The maximum absolute atomic E-state index is 5.81. The third kappa shape index (κ3) is 2.59. The fourth-order valence-corrected chi connectivity index (χ4v) is 1.65. The van der Waals surface area contributed by atoms with Crippen LogP contribution in [0.3, 0.4) is 0 Å². The molecule has 0 amide bonds. The highest BCUT2D eigenvalue weighted by atomic mass is 35.5. The first-order chi connectivity index (χ1) is 5.25. The minimum Gasteiger partial charge on any atom is -0.346 e. The molecule has 0 bridgehead atoms. The zero-order valence-electron chi connectivity index (χ0n) is 7.54. The summed E-state index contributed by atoms with van der Waals surface area (Å²) in [5.74, 6) is 1.02. The lowest BCUT2D eigenvalue weighted by Crippen LogP contribution is -2.27. The molecule has 1 aromatic rings. The molecule has 0 saturated heterocycles. The maximum atomic E-state index is 5.81. The van der Waals surface area contributed by atoms with Crippen LogP contribution in [0.15, 0.2) is 0 Å². The van der Waals surface area contributed by atoms with Gasteiger partial charge in [0.2, 0.25) is 0 Å². The third-order valence-electron chi connectivity index (χ3n) is 2.20. The van der Waals surface area contributed by atoms with Gasteiger partial charge >= 0.3 is 0 Å². The molecule has 1 aliphatic rings. The molecule has 0 saturated carbocycles. The van der Waals surface area contributed by atoms with Gasteiger partial charge in [-0.3, -0.25) is 0 Å². The van der Waals surface area contributed by atoms with E-state index in [9.17, 15) is 0 Å². The summed E-state index contributed by atoms with van der Waals surface area (Å²) in [6.07, 6.45) is 3.09. The number of hydrogen-bond acceptors (Lipinski definition) is 2. The number of fused-ring (bicyclic) bond motifs is 1. The van der Waals surface area contributed by atoms with Crippen molar-refractivity contribution in [1.82, 2.24) is 9.97 Å². The van der Waals surface area contributed by atoms with Crippen molar-refractivity contribution >= 4 is 24.8 Å². The Bertz CT molecular complexity index is 272. The molecule has 3 nitrogen and oxygen atoms in total. The van der Waals surface area contributed by atoms with Gasteiger partial charge in [0.25, 0.3) is 0 Å². The summed E-state index contributed by atoms with van der Waals surface area (Å²) in [6, 6.07) is 0.336. The molecule has 1 atom stereocenters. The second-order valence-corrected chi connectivity index (χ2v) is 3.25. The van der Waals surface area contributed by atoms with Crippen molar-refractivity contribution in [3.8, 4) is 0 Å². The molecule has 5 heteroatoms. The van der Waals surface area contributed by atoms with E-state index in [2.05, 4.69) is 9.97 Å². The molecule has 1 aromatic heterocycles. The summed E-state index contributed by atoms with van der Waals surface area (Å²) in [4.78, 5) is 7.61. The highest BCUT2D eigenvalue weighted by molar-refractivity contribution is 5.85. The molecule has 0 spiro atoms. The number of aryl methyl sites for hydroxylation is 2. The van der Waals surface area contributed by atoms with E-state index >= 15 is 0 Å². The second kappa shape index (κ2) is 4.84. The van der Waals surface area contributed by atoms with E-state index in [1.807, 2.05) is 6.92 Å². The monoisotopic (exact) mass is 223 g/mol. The number of aromatic nitrogens is 2. The summed E-state index contributed by atoms with van der Waals surface area (Å²) in [5.41, 5.74) is 8.29. The van der Waals surface area contributed by atoms with Crippen molar-refractivity contribution < 1.29 is 0 Å². The predicted octanol–water partition coefficient (Wildman–Crippen LogP) is 1.38. The maximum Gasteiger partial charge on any atom is 0.103 e. The molecule has 1 unspecified atom stereocenters. The largest absolute Gasteiger partial charge is 0.346 e. The van der Waals surface area contributed by atoms with E-state index < -0.39 is 0 Å². The van der Waals surface area contributed by atoms with Gasteiger partial charge in [0.05, 0.1) is 5.69 Å². The Kier molecular flexibility index (Phi) is 4.75. The standard InChI is InChI=1S/C8H13N3.2ClH/c1-5-10-7-3-2-6(9)4-8(7)11-5;;/h6H,2-4,9H2,1H3,(H,10,11);2*1H. The van der Waals surface area contributed by atoms with Crippen LogP contribution >= 0.6 is 24.8 Å². The van der Waals surface area contributed by atoms with E-state index in [-0.39, 0.29) is 24.8 Å². The van der Waals surface area contributed by atoms with Crippen LogP contribution in [0.4, 0.5) is 0 Å². The number of hydrogen-bond donors (Lipinski definition) is 2. The van der Waals surface area contributed by atoms with Crippen molar-refractivity contribution in [3.05, 3.63) is 17.2 Å². The number of nitrogens with zero attached hydrogens (tertiary/aromatic N) is 1. The molecule has 76 valence electrons. The molecule has 1 aliphatic carbocycles. The second-order valence-electron chi connectivity index (χ2n) is 3.25. The minimum absolute atomic E-state index is 0. The molecule has 0 radical (unpaired) electrons. The van der Waals surface area contributed by atoms with Gasteiger partial charge in [-0.05, 0) is 19.8 Å². The minimum atomic E-state index is 0. The van der Waals surface area contributed by atoms with Gasteiger partial charge in [-0.15, -0.1) is 24.8 Å². The van der Waals surface area contributed by atoms with Crippen molar-refractivity contribution in [2.45, 2.75) is 32.2 Å².